The van der Waals surface area contributed by atoms with Crippen LogP contribution in [0.25, 0.3) is 0 Å². The van der Waals surface area contributed by atoms with E-state index >= 15 is 0 Å². The number of hydrogen-bond acceptors (Lipinski definition) is 5. The van der Waals surface area contributed by atoms with Crippen molar-refractivity contribution in [2.75, 3.05) is 33.2 Å². The maximum atomic E-state index is 13.7. The number of likely N-dealkylation sites (N-methyl/N-ethyl adjacent to an activating group) is 1. The van der Waals surface area contributed by atoms with E-state index in [9.17, 15) is 14.9 Å². The van der Waals surface area contributed by atoms with E-state index in [2.05, 4.69) is 38.0 Å². The van der Waals surface area contributed by atoms with Crippen LogP contribution in [0.2, 0.25) is 0 Å². The van der Waals surface area contributed by atoms with Gasteiger partial charge in [-0.3, -0.25) is 4.79 Å². The Morgan fingerprint density at radius 2 is 1.89 bits per heavy atom. The molecule has 152 valence electrons. The maximum absolute atomic E-state index is 13.7. The van der Waals surface area contributed by atoms with Crippen LogP contribution in [0, 0.1) is 27.4 Å². The van der Waals surface area contributed by atoms with E-state index in [-0.39, 0.29) is 16.9 Å². The van der Waals surface area contributed by atoms with Gasteiger partial charge in [-0.2, -0.15) is 4.68 Å². The molecule has 9 nitrogen and oxygen atoms in total. The van der Waals surface area contributed by atoms with E-state index in [0.717, 1.165) is 64.7 Å². The van der Waals surface area contributed by atoms with Gasteiger partial charge < -0.3 is 19.9 Å². The van der Waals surface area contributed by atoms with Crippen LogP contribution < -0.4 is 4.90 Å². The van der Waals surface area contributed by atoms with Crippen LogP contribution in [0.15, 0.2) is 4.73 Å². The zero-order valence-corrected chi connectivity index (χ0v) is 17.7. The molecule has 6 rings (SSSR count). The lowest BCUT2D eigenvalue weighted by atomic mass is 9.46. The molecule has 2 atom stereocenters. The van der Waals surface area contributed by atoms with Crippen molar-refractivity contribution in [1.29, 1.82) is 0 Å². The smallest absolute Gasteiger partial charge is 0.390 e. The van der Waals surface area contributed by atoms with Crippen molar-refractivity contribution in [2.45, 2.75) is 44.1 Å². The number of hydrogen-bond donors (Lipinski definition) is 1. The molecule has 2 heterocycles. The van der Waals surface area contributed by atoms with Crippen LogP contribution in [0.3, 0.4) is 0 Å². The van der Waals surface area contributed by atoms with Crippen molar-refractivity contribution in [1.82, 2.24) is 19.7 Å². The summed E-state index contributed by atoms with van der Waals surface area (Å²) in [5.74, 6) is 0.908. The average molecular weight is 454 g/mol. The van der Waals surface area contributed by atoms with Gasteiger partial charge in [0.1, 0.15) is 0 Å². The van der Waals surface area contributed by atoms with Gasteiger partial charge in [-0.1, -0.05) is 0 Å². The first kappa shape index (κ1) is 18.5. The molecule has 1 aliphatic heterocycles. The number of carbonyl (C=O) groups is 1. The van der Waals surface area contributed by atoms with Crippen LogP contribution in [0.4, 0.5) is 5.95 Å². The summed E-state index contributed by atoms with van der Waals surface area (Å²) in [5, 5.41) is 15.4. The average Bonchev–Trinajstić information content (AvgIpc) is 3.04. The van der Waals surface area contributed by atoms with E-state index < -0.39 is 4.92 Å². The summed E-state index contributed by atoms with van der Waals surface area (Å²) in [6.07, 6.45) is 5.67. The summed E-state index contributed by atoms with van der Waals surface area (Å²) in [5.41, 5.74) is -0.673. The normalized spacial score (nSPS) is 37.4. The number of halogens is 1. The number of rotatable bonds is 3. The molecular weight excluding hydrogens is 428 g/mol. The van der Waals surface area contributed by atoms with Crippen LogP contribution in [0.1, 0.15) is 38.5 Å². The lowest BCUT2D eigenvalue weighted by Crippen LogP contribution is -3.12. The topological polar surface area (TPSA) is 98.6 Å². The largest absolute Gasteiger partial charge is 0.492 e. The van der Waals surface area contributed by atoms with Gasteiger partial charge in [0.05, 0.1) is 44.2 Å². The minimum absolute atomic E-state index is 0.309. The van der Waals surface area contributed by atoms with Crippen LogP contribution in [0.5, 0.6) is 0 Å². The number of nitrogens with zero attached hydrogens (tertiary/aromatic N) is 5. The first-order valence-electron chi connectivity index (χ1n) is 10.2. The Bertz CT molecular complexity index is 819. The highest BCUT2D eigenvalue weighted by atomic mass is 79.9. The lowest BCUT2D eigenvalue weighted by Gasteiger charge is -2.61. The highest BCUT2D eigenvalue weighted by molar-refractivity contribution is 9.10. The van der Waals surface area contributed by atoms with Gasteiger partial charge in [0.25, 0.3) is 4.73 Å². The van der Waals surface area contributed by atoms with Crippen LogP contribution in [-0.4, -0.2) is 63.7 Å². The monoisotopic (exact) mass is 453 g/mol. The third-order valence-electron chi connectivity index (χ3n) is 7.56. The van der Waals surface area contributed by atoms with E-state index in [1.54, 1.807) is 4.68 Å². The third kappa shape index (κ3) is 2.71. The first-order chi connectivity index (χ1) is 13.3. The zero-order valence-electron chi connectivity index (χ0n) is 16.1. The number of aromatic nitrogens is 3. The summed E-state index contributed by atoms with van der Waals surface area (Å²) >= 11 is 3.40. The van der Waals surface area contributed by atoms with Gasteiger partial charge in [0.2, 0.25) is 5.91 Å². The Hall–Kier alpha value is -1.55. The Kier molecular flexibility index (Phi) is 4.11. The van der Waals surface area contributed by atoms with Crippen molar-refractivity contribution in [2.24, 2.45) is 17.3 Å². The molecule has 0 aromatic carbocycles. The second-order valence-corrected chi connectivity index (χ2v) is 10.3. The van der Waals surface area contributed by atoms with E-state index in [1.807, 2.05) is 0 Å². The Balaban J connectivity index is 1.49. The molecule has 5 fully saturated rings. The standard InChI is InChI=1S/C18H25BrN6O3/c1-22-2-4-23(5-3-22)14(26)17-7-12-6-13(8-17)10-18(9-12,11-17)24-15(19)20-16(21-24)25(27)28/h12-13H,2-11H2,1H3/p+1. The fourth-order valence-corrected chi connectivity index (χ4v) is 7.42. The Morgan fingerprint density at radius 1 is 1.25 bits per heavy atom. The highest BCUT2D eigenvalue weighted by Gasteiger charge is 2.63. The van der Waals surface area contributed by atoms with Gasteiger partial charge in [0, 0.05) is 21.0 Å². The van der Waals surface area contributed by atoms with Gasteiger partial charge >= 0.3 is 5.95 Å². The maximum Gasteiger partial charge on any atom is 0.492 e. The summed E-state index contributed by atoms with van der Waals surface area (Å²) in [4.78, 5) is 31.9. The first-order valence-corrected chi connectivity index (χ1v) is 11.0. The molecule has 28 heavy (non-hydrogen) atoms. The number of carbonyl (C=O) groups excluding carboxylic acids is 1. The molecule has 0 radical (unpaired) electrons. The van der Waals surface area contributed by atoms with Crippen molar-refractivity contribution in [3.8, 4) is 0 Å². The van der Waals surface area contributed by atoms with E-state index in [0.29, 0.717) is 22.5 Å². The summed E-state index contributed by atoms with van der Waals surface area (Å²) in [6.45, 7) is 3.65. The Labute approximate surface area is 171 Å². The predicted octanol–water partition coefficient (Wildman–Crippen LogP) is 0.601. The van der Waals surface area contributed by atoms with Crippen molar-refractivity contribution in [3.05, 3.63) is 14.8 Å². The van der Waals surface area contributed by atoms with Gasteiger partial charge in [-0.25, -0.2) is 0 Å². The van der Waals surface area contributed by atoms with Crippen molar-refractivity contribution < 1.29 is 14.6 Å². The van der Waals surface area contributed by atoms with Crippen LogP contribution in [-0.2, 0) is 10.3 Å². The molecule has 1 aromatic heterocycles. The minimum atomic E-state index is -0.546. The molecule has 1 aromatic rings. The number of piperazine rings is 1. The third-order valence-corrected chi connectivity index (χ3v) is 8.07. The van der Waals surface area contributed by atoms with Gasteiger partial charge in [0.15, 0.2) is 0 Å². The fourth-order valence-electron chi connectivity index (χ4n) is 6.80. The molecule has 4 saturated carbocycles. The molecule has 1 saturated heterocycles. The Morgan fingerprint density at radius 3 is 2.46 bits per heavy atom. The lowest BCUT2D eigenvalue weighted by molar-refractivity contribution is -0.883. The molecule has 10 heteroatoms. The summed E-state index contributed by atoms with van der Waals surface area (Å²) in [6, 6.07) is 0. The minimum Gasteiger partial charge on any atom is -0.390 e. The van der Waals surface area contributed by atoms with E-state index in [1.165, 1.54) is 4.90 Å². The molecule has 4 bridgehead atoms. The fraction of sp³-hybridized carbons (Fsp3) is 0.833. The van der Waals surface area contributed by atoms with Gasteiger partial charge in [-0.15, -0.1) is 0 Å². The second-order valence-electron chi connectivity index (χ2n) is 9.56. The molecule has 1 N–H and O–H groups in total. The van der Waals surface area contributed by atoms with Crippen molar-refractivity contribution in [3.63, 3.8) is 0 Å². The second kappa shape index (κ2) is 6.22. The molecule has 4 aliphatic carbocycles. The molecule has 5 aliphatic rings. The van der Waals surface area contributed by atoms with E-state index in [4.69, 9.17) is 0 Å². The van der Waals surface area contributed by atoms with Crippen LogP contribution >= 0.6 is 15.9 Å². The highest BCUT2D eigenvalue weighted by Crippen LogP contribution is 2.64. The molecule has 0 spiro atoms. The zero-order chi connectivity index (χ0) is 19.7. The number of quaternary nitrogens is 1. The van der Waals surface area contributed by atoms with Gasteiger partial charge in [-0.05, 0) is 60.3 Å². The summed E-state index contributed by atoms with van der Waals surface area (Å²) < 4.78 is 2.14. The number of nitro groups is 1. The van der Waals surface area contributed by atoms with Crippen molar-refractivity contribution >= 4 is 27.8 Å². The molecule has 1 amide bonds. The number of nitrogens with one attached hydrogen (secondary N) is 1. The summed E-state index contributed by atoms with van der Waals surface area (Å²) in [7, 11) is 2.18. The SMILES string of the molecule is C[NH+]1CCN(C(=O)C23CC4CC(C2)CC(n2nc([N+](=O)[O-])nc2Br)(C4)C3)CC1. The molecule has 2 unspecified atom stereocenters. The number of amides is 1. The quantitative estimate of drug-likeness (QED) is 0.533. The molecular formula is C18H26BrN6O3+. The predicted molar refractivity (Wildman–Crippen MR) is 103 cm³/mol.